The molecule has 0 saturated heterocycles. The first-order valence-corrected chi connectivity index (χ1v) is 3.68. The van der Waals surface area contributed by atoms with Crippen molar-refractivity contribution in [3.63, 3.8) is 0 Å². The lowest BCUT2D eigenvalue weighted by Gasteiger charge is -1.89. The quantitative estimate of drug-likeness (QED) is 0.522. The Morgan fingerprint density at radius 2 is 2.46 bits per heavy atom. The predicted molar refractivity (Wildman–Crippen MR) is 48.7 cm³/mol. The summed E-state index contributed by atoms with van der Waals surface area (Å²) in [5.74, 6) is -0.0223. The first kappa shape index (κ1) is 9.31. The Bertz CT molecular complexity index is 341. The number of ether oxygens (including phenoxy) is 1. The van der Waals surface area contributed by atoms with Crippen LogP contribution < -0.4 is 5.73 Å². The van der Waals surface area contributed by atoms with Crippen LogP contribution in [0.15, 0.2) is 12.3 Å². The van der Waals surface area contributed by atoms with Crippen LogP contribution in [-0.4, -0.2) is 22.9 Å². The number of aromatic nitrogens is 2. The zero-order chi connectivity index (χ0) is 9.84. The molecule has 1 aromatic rings. The van der Waals surface area contributed by atoms with Gasteiger partial charge in [0, 0.05) is 24.9 Å². The van der Waals surface area contributed by atoms with Gasteiger partial charge >= 0.3 is 5.97 Å². The third-order valence-corrected chi connectivity index (χ3v) is 1.49. The van der Waals surface area contributed by atoms with Crippen molar-refractivity contribution in [1.82, 2.24) is 9.78 Å². The zero-order valence-corrected chi connectivity index (χ0v) is 7.52. The van der Waals surface area contributed by atoms with E-state index in [9.17, 15) is 4.79 Å². The summed E-state index contributed by atoms with van der Waals surface area (Å²) < 4.78 is 6.00. The average Bonchev–Trinajstić information content (AvgIpc) is 2.41. The van der Waals surface area contributed by atoms with Crippen molar-refractivity contribution in [3.8, 4) is 0 Å². The van der Waals surface area contributed by atoms with Crippen LogP contribution in [0.1, 0.15) is 5.56 Å². The summed E-state index contributed by atoms with van der Waals surface area (Å²) in [4.78, 5) is 10.7. The Morgan fingerprint density at radius 1 is 1.77 bits per heavy atom. The Morgan fingerprint density at radius 3 is 2.92 bits per heavy atom. The molecular formula is C8H11N3O2. The molecule has 0 aliphatic rings. The van der Waals surface area contributed by atoms with Crippen molar-refractivity contribution in [2.45, 2.75) is 0 Å². The molecule has 0 atom stereocenters. The Labute approximate surface area is 75.8 Å². The minimum absolute atomic E-state index is 0.391. The summed E-state index contributed by atoms with van der Waals surface area (Å²) in [6.07, 6.45) is 4.58. The van der Waals surface area contributed by atoms with Crippen LogP contribution in [0.5, 0.6) is 0 Å². The second-order valence-electron chi connectivity index (χ2n) is 2.50. The number of hydrogen-bond acceptors (Lipinski definition) is 4. The molecule has 1 rings (SSSR count). The summed E-state index contributed by atoms with van der Waals surface area (Å²) in [6, 6.07) is 0. The van der Waals surface area contributed by atoms with Crippen molar-refractivity contribution in [2.75, 3.05) is 12.8 Å². The molecule has 1 heterocycles. The van der Waals surface area contributed by atoms with Crippen molar-refractivity contribution in [3.05, 3.63) is 17.8 Å². The fourth-order valence-electron chi connectivity index (χ4n) is 0.878. The van der Waals surface area contributed by atoms with Crippen LogP contribution in [0.25, 0.3) is 6.08 Å². The summed E-state index contributed by atoms with van der Waals surface area (Å²) >= 11 is 0. The van der Waals surface area contributed by atoms with E-state index in [-0.39, 0.29) is 0 Å². The number of nitrogens with zero attached hydrogens (tertiary/aromatic N) is 2. The van der Waals surface area contributed by atoms with E-state index in [0.717, 1.165) is 0 Å². The number of carbonyl (C=O) groups is 1. The van der Waals surface area contributed by atoms with E-state index in [1.54, 1.807) is 24.0 Å². The largest absolute Gasteiger partial charge is 0.466 e. The van der Waals surface area contributed by atoms with E-state index >= 15 is 0 Å². The summed E-state index contributed by atoms with van der Waals surface area (Å²) in [6.45, 7) is 0. The number of carbonyl (C=O) groups excluding carboxylic acids is 1. The molecule has 0 amide bonds. The second-order valence-corrected chi connectivity index (χ2v) is 2.50. The number of anilines is 1. The normalized spacial score (nSPS) is 10.6. The molecule has 70 valence electrons. The average molecular weight is 181 g/mol. The molecule has 1 aromatic heterocycles. The smallest absolute Gasteiger partial charge is 0.330 e. The molecule has 13 heavy (non-hydrogen) atoms. The maximum atomic E-state index is 10.7. The first-order valence-electron chi connectivity index (χ1n) is 3.68. The number of rotatable bonds is 2. The SMILES string of the molecule is COC(=O)C=Cc1cn(C)nc1N. The van der Waals surface area contributed by atoms with Crippen molar-refractivity contribution in [1.29, 1.82) is 0 Å². The summed E-state index contributed by atoms with van der Waals surface area (Å²) in [5, 5.41) is 3.91. The topological polar surface area (TPSA) is 70.1 Å². The van der Waals surface area contributed by atoms with Gasteiger partial charge in [0.1, 0.15) is 0 Å². The van der Waals surface area contributed by atoms with Crippen LogP contribution in [0.3, 0.4) is 0 Å². The predicted octanol–water partition coefficient (Wildman–Crippen LogP) is 0.189. The van der Waals surface area contributed by atoms with Crippen LogP contribution in [-0.2, 0) is 16.6 Å². The third kappa shape index (κ3) is 2.33. The van der Waals surface area contributed by atoms with Crippen molar-refractivity contribution in [2.24, 2.45) is 7.05 Å². The van der Waals surface area contributed by atoms with Gasteiger partial charge in [-0.05, 0) is 6.08 Å². The number of nitrogen functional groups attached to an aromatic ring is 1. The number of methoxy groups -OCH3 is 1. The molecule has 0 aliphatic heterocycles. The molecular weight excluding hydrogens is 170 g/mol. The molecule has 0 radical (unpaired) electrons. The molecule has 0 unspecified atom stereocenters. The van der Waals surface area contributed by atoms with Gasteiger partial charge in [0.2, 0.25) is 0 Å². The maximum absolute atomic E-state index is 10.7. The van der Waals surface area contributed by atoms with Gasteiger partial charge in [-0.2, -0.15) is 5.10 Å². The molecule has 0 bridgehead atoms. The zero-order valence-electron chi connectivity index (χ0n) is 7.52. The molecule has 0 spiro atoms. The minimum atomic E-state index is -0.414. The van der Waals surface area contributed by atoms with E-state index < -0.39 is 5.97 Å². The van der Waals surface area contributed by atoms with Crippen molar-refractivity contribution >= 4 is 17.9 Å². The Kier molecular flexibility index (Phi) is 2.69. The van der Waals surface area contributed by atoms with E-state index in [1.165, 1.54) is 13.2 Å². The maximum Gasteiger partial charge on any atom is 0.330 e. The number of esters is 1. The molecule has 5 heteroatoms. The van der Waals surface area contributed by atoms with Crippen LogP contribution in [0.4, 0.5) is 5.82 Å². The second kappa shape index (κ2) is 3.75. The lowest BCUT2D eigenvalue weighted by molar-refractivity contribution is -0.134. The molecule has 0 fully saturated rings. The summed E-state index contributed by atoms with van der Waals surface area (Å²) in [5.41, 5.74) is 6.24. The highest BCUT2D eigenvalue weighted by Gasteiger charge is 2.00. The van der Waals surface area contributed by atoms with E-state index in [2.05, 4.69) is 9.84 Å². The lowest BCUT2D eigenvalue weighted by Crippen LogP contribution is -1.93. The Balaban J connectivity index is 2.79. The van der Waals surface area contributed by atoms with Gasteiger partial charge in [0.15, 0.2) is 5.82 Å². The highest BCUT2D eigenvalue weighted by molar-refractivity contribution is 5.87. The first-order chi connectivity index (χ1) is 6.13. The van der Waals surface area contributed by atoms with Gasteiger partial charge < -0.3 is 10.5 Å². The molecule has 0 aromatic carbocycles. The lowest BCUT2D eigenvalue weighted by atomic mass is 10.3. The van der Waals surface area contributed by atoms with Gasteiger partial charge in [-0.25, -0.2) is 4.79 Å². The van der Waals surface area contributed by atoms with Crippen molar-refractivity contribution < 1.29 is 9.53 Å². The fraction of sp³-hybridized carbons (Fsp3) is 0.250. The van der Waals surface area contributed by atoms with E-state index in [1.807, 2.05) is 0 Å². The number of nitrogens with two attached hydrogens (primary N) is 1. The van der Waals surface area contributed by atoms with E-state index in [4.69, 9.17) is 5.73 Å². The minimum Gasteiger partial charge on any atom is -0.466 e. The summed E-state index contributed by atoms with van der Waals surface area (Å²) in [7, 11) is 3.07. The van der Waals surface area contributed by atoms with Gasteiger partial charge in [-0.3, -0.25) is 4.68 Å². The number of aryl methyl sites for hydroxylation is 1. The number of hydrogen-bond donors (Lipinski definition) is 1. The third-order valence-electron chi connectivity index (χ3n) is 1.49. The molecule has 2 N–H and O–H groups in total. The van der Waals surface area contributed by atoms with Gasteiger partial charge in [0.05, 0.1) is 7.11 Å². The molecule has 0 aliphatic carbocycles. The van der Waals surface area contributed by atoms with Gasteiger partial charge in [-0.1, -0.05) is 0 Å². The Hall–Kier alpha value is -1.78. The van der Waals surface area contributed by atoms with E-state index in [0.29, 0.717) is 11.4 Å². The van der Waals surface area contributed by atoms with Crippen LogP contribution in [0.2, 0.25) is 0 Å². The molecule has 0 saturated carbocycles. The highest BCUT2D eigenvalue weighted by atomic mass is 16.5. The standard InChI is InChI=1S/C8H11N3O2/c1-11-5-6(8(9)10-11)3-4-7(12)13-2/h3-5H,1-2H3,(H2,9,10). The van der Waals surface area contributed by atoms with Crippen LogP contribution >= 0.6 is 0 Å². The fourth-order valence-corrected chi connectivity index (χ4v) is 0.878. The highest BCUT2D eigenvalue weighted by Crippen LogP contribution is 2.09. The van der Waals surface area contributed by atoms with Crippen LogP contribution in [0, 0.1) is 0 Å². The van der Waals surface area contributed by atoms with Gasteiger partial charge in [0.25, 0.3) is 0 Å². The van der Waals surface area contributed by atoms with Gasteiger partial charge in [-0.15, -0.1) is 0 Å². The molecule has 5 nitrogen and oxygen atoms in total. The monoisotopic (exact) mass is 181 g/mol.